The van der Waals surface area contributed by atoms with Crippen LogP contribution in [0.4, 0.5) is 0 Å². The molecule has 4 fully saturated rings. The van der Waals surface area contributed by atoms with E-state index >= 15 is 0 Å². The number of rotatable bonds is 12. The molecule has 4 rings (SSSR count). The van der Waals surface area contributed by atoms with Gasteiger partial charge in [0.1, 0.15) is 11.6 Å². The predicted octanol–water partition coefficient (Wildman–Crippen LogP) is 0.208. The van der Waals surface area contributed by atoms with E-state index in [1.165, 1.54) is 4.90 Å². The summed E-state index contributed by atoms with van der Waals surface area (Å²) < 4.78 is 17.3. The molecule has 1 spiro atoms. The van der Waals surface area contributed by atoms with Crippen molar-refractivity contribution in [1.82, 2.24) is 14.7 Å². The number of hydrogen-bond donors (Lipinski definition) is 1. The maximum atomic E-state index is 14.1. The zero-order valence-electron chi connectivity index (χ0n) is 21.2. The summed E-state index contributed by atoms with van der Waals surface area (Å²) in [6, 6.07) is -1.52. The Morgan fingerprint density at radius 3 is 2.72 bits per heavy atom. The van der Waals surface area contributed by atoms with E-state index in [1.54, 1.807) is 24.0 Å². The average molecular weight is 506 g/mol. The maximum absolute atomic E-state index is 14.1. The molecule has 2 bridgehead atoms. The molecular formula is C26H39N3O7. The normalized spacial score (nSPS) is 32.3. The molecule has 0 radical (unpaired) electrons. The molecule has 4 aliphatic rings. The lowest BCUT2D eigenvalue weighted by Crippen LogP contribution is -2.59. The lowest BCUT2D eigenvalue weighted by atomic mass is 9.70. The van der Waals surface area contributed by atoms with E-state index in [0.717, 1.165) is 13.1 Å². The number of morpholine rings is 1. The van der Waals surface area contributed by atoms with Gasteiger partial charge in [0, 0.05) is 32.7 Å². The summed E-state index contributed by atoms with van der Waals surface area (Å²) in [5, 5.41) is 9.98. The van der Waals surface area contributed by atoms with Crippen LogP contribution in [0.15, 0.2) is 25.3 Å². The number of esters is 1. The number of ether oxygens (including phenoxy) is 3. The van der Waals surface area contributed by atoms with Crippen LogP contribution in [0.3, 0.4) is 0 Å². The van der Waals surface area contributed by atoms with Gasteiger partial charge in [-0.3, -0.25) is 19.3 Å². The first-order chi connectivity index (χ1) is 17.4. The summed E-state index contributed by atoms with van der Waals surface area (Å²) in [5.74, 6) is -2.60. The van der Waals surface area contributed by atoms with Crippen molar-refractivity contribution in [2.75, 3.05) is 59.2 Å². The molecule has 2 amide bonds. The molecule has 200 valence electrons. The first-order valence-electron chi connectivity index (χ1n) is 13.0. The van der Waals surface area contributed by atoms with Gasteiger partial charge in [0.15, 0.2) is 0 Å². The Bertz CT molecular complexity index is 860. The molecule has 0 saturated carbocycles. The maximum Gasteiger partial charge on any atom is 0.312 e. The van der Waals surface area contributed by atoms with Crippen molar-refractivity contribution in [2.45, 2.75) is 50.0 Å². The fraction of sp³-hybridized carbons (Fsp3) is 0.731. The lowest BCUT2D eigenvalue weighted by Gasteiger charge is -2.39. The van der Waals surface area contributed by atoms with Crippen LogP contribution >= 0.6 is 0 Å². The largest absolute Gasteiger partial charge is 0.465 e. The third-order valence-electron chi connectivity index (χ3n) is 8.00. The van der Waals surface area contributed by atoms with Gasteiger partial charge in [-0.2, -0.15) is 0 Å². The zero-order valence-corrected chi connectivity index (χ0v) is 21.2. The van der Waals surface area contributed by atoms with Crippen LogP contribution in [0, 0.1) is 11.8 Å². The molecular weight excluding hydrogens is 466 g/mol. The number of nitrogens with zero attached hydrogens (tertiary/aromatic N) is 3. The number of fused-ring (bicyclic) bond motifs is 1. The minimum absolute atomic E-state index is 0.188. The van der Waals surface area contributed by atoms with E-state index in [-0.39, 0.29) is 25.0 Å². The number of aliphatic hydroxyl groups excluding tert-OH is 1. The van der Waals surface area contributed by atoms with Crippen LogP contribution in [-0.4, -0.2) is 121 Å². The topological polar surface area (TPSA) is 109 Å². The van der Waals surface area contributed by atoms with Gasteiger partial charge in [-0.1, -0.05) is 12.2 Å². The molecule has 6 atom stereocenters. The van der Waals surface area contributed by atoms with Crippen molar-refractivity contribution >= 4 is 17.8 Å². The van der Waals surface area contributed by atoms with Gasteiger partial charge in [-0.25, -0.2) is 0 Å². The highest BCUT2D eigenvalue weighted by Crippen LogP contribution is 2.59. The fourth-order valence-corrected chi connectivity index (χ4v) is 6.25. The van der Waals surface area contributed by atoms with E-state index in [9.17, 15) is 19.5 Å². The predicted molar refractivity (Wildman–Crippen MR) is 131 cm³/mol. The van der Waals surface area contributed by atoms with Crippen LogP contribution in [0.5, 0.6) is 0 Å². The fourth-order valence-electron chi connectivity index (χ4n) is 6.25. The number of likely N-dealkylation sites (tertiary alicyclic amines) is 1. The van der Waals surface area contributed by atoms with Gasteiger partial charge < -0.3 is 29.1 Å². The third-order valence-corrected chi connectivity index (χ3v) is 8.00. The van der Waals surface area contributed by atoms with E-state index in [4.69, 9.17) is 14.2 Å². The molecule has 1 N–H and O–H groups in total. The Morgan fingerprint density at radius 1 is 1.31 bits per heavy atom. The highest BCUT2D eigenvalue weighted by atomic mass is 16.6. The van der Waals surface area contributed by atoms with Gasteiger partial charge in [0.2, 0.25) is 11.8 Å². The molecule has 36 heavy (non-hydrogen) atoms. The van der Waals surface area contributed by atoms with Crippen LogP contribution in [0.2, 0.25) is 0 Å². The van der Waals surface area contributed by atoms with Crippen molar-refractivity contribution in [3.05, 3.63) is 25.3 Å². The second-order valence-electron chi connectivity index (χ2n) is 10.1. The van der Waals surface area contributed by atoms with Gasteiger partial charge in [-0.15, -0.1) is 13.2 Å². The Morgan fingerprint density at radius 2 is 2.06 bits per heavy atom. The Kier molecular flexibility index (Phi) is 8.49. The van der Waals surface area contributed by atoms with Crippen molar-refractivity contribution in [3.63, 3.8) is 0 Å². The number of carbonyl (C=O) groups is 3. The monoisotopic (exact) mass is 505 g/mol. The first kappa shape index (κ1) is 26.8. The van der Waals surface area contributed by atoms with E-state index in [0.29, 0.717) is 52.1 Å². The SMILES string of the molecule is C=CCCOC(=O)[C@@H]1[C@@H]2CCC3(O2)C(C(=O)N(CC=C)CCN2CCOCC2)N([C@H](C)CO)C(=O)[C@H]13. The van der Waals surface area contributed by atoms with Crippen molar-refractivity contribution in [2.24, 2.45) is 11.8 Å². The molecule has 10 nitrogen and oxygen atoms in total. The Labute approximate surface area is 212 Å². The zero-order chi connectivity index (χ0) is 25.9. The smallest absolute Gasteiger partial charge is 0.312 e. The van der Waals surface area contributed by atoms with Gasteiger partial charge in [0.05, 0.1) is 50.4 Å². The highest BCUT2D eigenvalue weighted by Gasteiger charge is 2.75. The third kappa shape index (κ3) is 4.71. The number of amides is 2. The van der Waals surface area contributed by atoms with Crippen LogP contribution in [-0.2, 0) is 28.6 Å². The lowest BCUT2D eigenvalue weighted by molar-refractivity contribution is -0.156. The second-order valence-corrected chi connectivity index (χ2v) is 10.1. The number of carbonyl (C=O) groups excluding carboxylic acids is 3. The number of aliphatic hydroxyl groups is 1. The van der Waals surface area contributed by atoms with Crippen molar-refractivity contribution in [3.8, 4) is 0 Å². The summed E-state index contributed by atoms with van der Waals surface area (Å²) >= 11 is 0. The molecule has 4 heterocycles. The summed E-state index contributed by atoms with van der Waals surface area (Å²) in [7, 11) is 0. The summed E-state index contributed by atoms with van der Waals surface area (Å²) in [5.41, 5.74) is -1.11. The summed E-state index contributed by atoms with van der Waals surface area (Å²) in [4.78, 5) is 46.4. The standard InChI is InChI=1S/C26H39N3O7/c1-4-6-14-35-25(33)20-19-7-8-26(36-19)21(20)23(31)29(18(3)17-30)22(26)24(32)28(9-5-2)11-10-27-12-15-34-16-13-27/h4-5,18-22,30H,1-2,6-17H2,3H3/t18-,19+,20-,21+,22?,26?/m1/s1. The molecule has 4 aliphatic heterocycles. The van der Waals surface area contributed by atoms with E-state index in [1.807, 2.05) is 0 Å². The molecule has 10 heteroatoms. The van der Waals surface area contributed by atoms with Crippen LogP contribution in [0.1, 0.15) is 26.2 Å². The highest BCUT2D eigenvalue weighted by molar-refractivity contribution is 5.98. The minimum Gasteiger partial charge on any atom is -0.465 e. The molecule has 0 aromatic heterocycles. The van der Waals surface area contributed by atoms with Crippen LogP contribution < -0.4 is 0 Å². The van der Waals surface area contributed by atoms with Gasteiger partial charge >= 0.3 is 5.97 Å². The molecule has 0 aromatic rings. The average Bonchev–Trinajstić information content (AvgIpc) is 3.53. The van der Waals surface area contributed by atoms with Gasteiger partial charge in [-0.05, 0) is 26.2 Å². The Balaban J connectivity index is 1.60. The molecule has 0 aromatic carbocycles. The minimum atomic E-state index is -1.11. The molecule has 0 aliphatic carbocycles. The first-order valence-corrected chi connectivity index (χ1v) is 13.0. The van der Waals surface area contributed by atoms with Crippen LogP contribution in [0.25, 0.3) is 0 Å². The van der Waals surface area contributed by atoms with Crippen molar-refractivity contribution < 1.29 is 33.7 Å². The van der Waals surface area contributed by atoms with Crippen molar-refractivity contribution in [1.29, 1.82) is 0 Å². The summed E-state index contributed by atoms with van der Waals surface area (Å²) in [6.45, 7) is 13.5. The summed E-state index contributed by atoms with van der Waals surface area (Å²) in [6.07, 6.45) is 4.47. The van der Waals surface area contributed by atoms with Gasteiger partial charge in [0.25, 0.3) is 0 Å². The van der Waals surface area contributed by atoms with E-state index < -0.39 is 41.6 Å². The Hall–Kier alpha value is -2.27. The molecule has 2 unspecified atom stereocenters. The second kappa shape index (κ2) is 11.4. The number of hydrogen-bond acceptors (Lipinski definition) is 8. The molecule has 4 saturated heterocycles. The van der Waals surface area contributed by atoms with E-state index in [2.05, 4.69) is 18.1 Å². The quantitative estimate of drug-likeness (QED) is 0.228.